The minimum absolute atomic E-state index is 0.00291. The Morgan fingerprint density at radius 2 is 1.56 bits per heavy atom. The number of nitrogens with one attached hydrogen (secondary N) is 2. The van der Waals surface area contributed by atoms with Gasteiger partial charge in [-0.3, -0.25) is 20.2 Å². The minimum atomic E-state index is -0.514. The Morgan fingerprint density at radius 3 is 2.15 bits per heavy atom. The van der Waals surface area contributed by atoms with Gasteiger partial charge in [-0.05, 0) is 74.3 Å². The summed E-state index contributed by atoms with van der Waals surface area (Å²) >= 11 is 11.8. The van der Waals surface area contributed by atoms with Crippen molar-refractivity contribution < 1.29 is 14.3 Å². The van der Waals surface area contributed by atoms with Gasteiger partial charge < -0.3 is 4.74 Å². The number of hydrogen-bond donors (Lipinski definition) is 2. The van der Waals surface area contributed by atoms with E-state index in [-0.39, 0.29) is 10.7 Å². The number of unbranched alkanes of at least 4 members (excludes halogenated alkanes) is 5. The summed E-state index contributed by atoms with van der Waals surface area (Å²) in [5, 5.41) is 4.85. The molecule has 27 heavy (non-hydrogen) atoms. The summed E-state index contributed by atoms with van der Waals surface area (Å²) in [6, 6.07) is 3.61. The average molecular weight is 518 g/mol. The van der Waals surface area contributed by atoms with E-state index in [1.54, 1.807) is 0 Å². The van der Waals surface area contributed by atoms with E-state index >= 15 is 0 Å². The molecule has 0 radical (unpaired) electrons. The number of hydrogen-bond acceptors (Lipinski definition) is 4. The van der Waals surface area contributed by atoms with Crippen molar-refractivity contribution >= 4 is 67.1 Å². The third-order valence-corrected chi connectivity index (χ3v) is 5.40. The summed E-state index contributed by atoms with van der Waals surface area (Å²) in [5.74, 6) is -0.316. The molecule has 1 aliphatic rings. The maximum Gasteiger partial charge on any atom is 0.263 e. The molecule has 1 aliphatic heterocycles. The lowest BCUT2D eigenvalue weighted by Gasteiger charge is -2.16. The van der Waals surface area contributed by atoms with Crippen molar-refractivity contribution in [3.05, 3.63) is 32.2 Å². The predicted molar refractivity (Wildman–Crippen MR) is 118 cm³/mol. The Labute approximate surface area is 181 Å². The summed E-state index contributed by atoms with van der Waals surface area (Å²) in [5.41, 5.74) is 0.692. The number of rotatable bonds is 9. The van der Waals surface area contributed by atoms with E-state index in [9.17, 15) is 9.59 Å². The van der Waals surface area contributed by atoms with Crippen LogP contribution in [0, 0.1) is 0 Å². The lowest BCUT2D eigenvalue weighted by atomic mass is 10.1. The first-order chi connectivity index (χ1) is 12.9. The van der Waals surface area contributed by atoms with Crippen molar-refractivity contribution in [2.24, 2.45) is 0 Å². The van der Waals surface area contributed by atoms with Gasteiger partial charge in [-0.25, -0.2) is 0 Å². The topological polar surface area (TPSA) is 67.4 Å². The summed E-state index contributed by atoms with van der Waals surface area (Å²) in [6.07, 6.45) is 8.73. The van der Waals surface area contributed by atoms with E-state index in [1.165, 1.54) is 31.8 Å². The predicted octanol–water partition coefficient (Wildman–Crippen LogP) is 4.87. The Hall–Kier alpha value is -1.25. The summed E-state index contributed by atoms with van der Waals surface area (Å²) < 4.78 is 7.39. The highest BCUT2D eigenvalue weighted by atomic mass is 79.9. The molecule has 1 aromatic rings. The van der Waals surface area contributed by atoms with Crippen molar-refractivity contribution in [2.75, 3.05) is 6.61 Å². The minimum Gasteiger partial charge on any atom is -0.491 e. The molecule has 0 saturated carbocycles. The Bertz CT molecular complexity index is 720. The maximum absolute atomic E-state index is 11.9. The highest BCUT2D eigenvalue weighted by Crippen LogP contribution is 2.35. The van der Waals surface area contributed by atoms with E-state index < -0.39 is 11.8 Å². The van der Waals surface area contributed by atoms with Gasteiger partial charge in [-0.1, -0.05) is 39.0 Å². The van der Waals surface area contributed by atoms with Crippen molar-refractivity contribution in [1.82, 2.24) is 10.6 Å². The molecule has 0 unspecified atom stereocenters. The van der Waals surface area contributed by atoms with E-state index in [1.807, 2.05) is 12.1 Å². The maximum atomic E-state index is 11.9. The fraction of sp³-hybridized carbons (Fsp3) is 0.421. The van der Waals surface area contributed by atoms with Crippen molar-refractivity contribution in [3.63, 3.8) is 0 Å². The zero-order valence-electron chi connectivity index (χ0n) is 15.1. The highest BCUT2D eigenvalue weighted by molar-refractivity contribution is 9.11. The quantitative estimate of drug-likeness (QED) is 0.212. The molecule has 0 aliphatic carbocycles. The van der Waals surface area contributed by atoms with Gasteiger partial charge in [0.25, 0.3) is 11.8 Å². The molecule has 1 aromatic carbocycles. The highest BCUT2D eigenvalue weighted by Gasteiger charge is 2.25. The third kappa shape index (κ3) is 6.69. The molecule has 0 atom stereocenters. The summed E-state index contributed by atoms with van der Waals surface area (Å²) in [4.78, 5) is 23.9. The average Bonchev–Trinajstić information content (AvgIpc) is 2.59. The normalized spacial score (nSPS) is 14.0. The van der Waals surface area contributed by atoms with Crippen LogP contribution in [0.1, 0.15) is 51.0 Å². The Morgan fingerprint density at radius 1 is 1.00 bits per heavy atom. The van der Waals surface area contributed by atoms with Crippen molar-refractivity contribution in [3.8, 4) is 5.75 Å². The summed E-state index contributed by atoms with van der Waals surface area (Å²) in [6.45, 7) is 2.85. The van der Waals surface area contributed by atoms with Gasteiger partial charge in [0.2, 0.25) is 0 Å². The molecule has 2 N–H and O–H groups in total. The molecule has 2 rings (SSSR count). The number of benzene rings is 1. The molecule has 0 bridgehead atoms. The van der Waals surface area contributed by atoms with Crippen LogP contribution in [-0.2, 0) is 9.59 Å². The molecule has 8 heteroatoms. The van der Waals surface area contributed by atoms with Gasteiger partial charge in [-0.15, -0.1) is 0 Å². The molecule has 1 heterocycles. The molecular weight excluding hydrogens is 496 g/mol. The molecule has 146 valence electrons. The summed E-state index contributed by atoms with van der Waals surface area (Å²) in [7, 11) is 0. The lowest BCUT2D eigenvalue weighted by Crippen LogP contribution is -2.51. The number of ether oxygens (including phenoxy) is 1. The van der Waals surface area contributed by atoms with Gasteiger partial charge >= 0.3 is 0 Å². The van der Waals surface area contributed by atoms with Crippen LogP contribution in [0.15, 0.2) is 26.7 Å². The van der Waals surface area contributed by atoms with Crippen molar-refractivity contribution in [1.29, 1.82) is 0 Å². The largest absolute Gasteiger partial charge is 0.491 e. The molecule has 2 amide bonds. The smallest absolute Gasteiger partial charge is 0.263 e. The second kappa shape index (κ2) is 10.9. The standard InChI is InChI=1S/C19H22Br2N2O3S/c1-2-3-4-5-6-7-8-26-16-14(20)10-12(11-15(16)21)9-13-17(24)22-19(27)23-18(13)25/h9-11H,2-8H2,1H3,(H2,22,23,24,25,27). The van der Waals surface area contributed by atoms with Gasteiger partial charge in [0.05, 0.1) is 15.6 Å². The SMILES string of the molecule is CCCCCCCCOc1c(Br)cc(C=C2C(=O)NC(=S)NC2=O)cc1Br. The lowest BCUT2D eigenvalue weighted by molar-refractivity contribution is -0.123. The molecule has 0 spiro atoms. The van der Waals surface area contributed by atoms with Crippen LogP contribution >= 0.6 is 44.1 Å². The number of amides is 2. The molecule has 5 nitrogen and oxygen atoms in total. The number of thiocarbonyl (C=S) groups is 1. The first-order valence-electron chi connectivity index (χ1n) is 8.92. The van der Waals surface area contributed by atoms with E-state index in [2.05, 4.69) is 49.4 Å². The van der Waals surface area contributed by atoms with Crippen LogP contribution < -0.4 is 15.4 Å². The van der Waals surface area contributed by atoms with Gasteiger partial charge in [0.1, 0.15) is 11.3 Å². The fourth-order valence-corrected chi connectivity index (χ4v) is 4.27. The first-order valence-corrected chi connectivity index (χ1v) is 10.9. The zero-order chi connectivity index (χ0) is 19.8. The molecule has 1 saturated heterocycles. The van der Waals surface area contributed by atoms with Crippen LogP contribution in [-0.4, -0.2) is 23.5 Å². The van der Waals surface area contributed by atoms with Gasteiger partial charge in [0.15, 0.2) is 5.11 Å². The number of carbonyl (C=O) groups excluding carboxylic acids is 2. The monoisotopic (exact) mass is 516 g/mol. The van der Waals surface area contributed by atoms with Crippen molar-refractivity contribution in [2.45, 2.75) is 45.4 Å². The van der Waals surface area contributed by atoms with Crippen LogP contribution in [0.25, 0.3) is 6.08 Å². The van der Waals surface area contributed by atoms with Crippen LogP contribution in [0.3, 0.4) is 0 Å². The van der Waals surface area contributed by atoms with Crippen LogP contribution in [0.5, 0.6) is 5.75 Å². The Balaban J connectivity index is 2.00. The van der Waals surface area contributed by atoms with Gasteiger partial charge in [-0.2, -0.15) is 0 Å². The molecule has 1 fully saturated rings. The van der Waals surface area contributed by atoms with Crippen LogP contribution in [0.4, 0.5) is 0 Å². The second-order valence-corrected chi connectivity index (χ2v) is 8.34. The zero-order valence-corrected chi connectivity index (χ0v) is 19.1. The Kier molecular flexibility index (Phi) is 8.92. The third-order valence-electron chi connectivity index (χ3n) is 4.02. The van der Waals surface area contributed by atoms with E-state index in [0.717, 1.165) is 21.8 Å². The van der Waals surface area contributed by atoms with E-state index in [4.69, 9.17) is 17.0 Å². The fourth-order valence-electron chi connectivity index (χ4n) is 2.63. The van der Waals surface area contributed by atoms with Gasteiger partial charge in [0, 0.05) is 0 Å². The number of carbonyl (C=O) groups is 2. The number of halogens is 2. The first kappa shape index (κ1) is 22.0. The second-order valence-electron chi connectivity index (χ2n) is 6.23. The molecular formula is C19H22Br2N2O3S. The van der Waals surface area contributed by atoms with Crippen LogP contribution in [0.2, 0.25) is 0 Å². The molecule has 0 aromatic heterocycles. The van der Waals surface area contributed by atoms with E-state index in [0.29, 0.717) is 17.9 Å².